The Hall–Kier alpha value is -3.70. The Morgan fingerprint density at radius 2 is 0.677 bits per heavy atom. The molecule has 62 heavy (non-hydrogen) atoms. The van der Waals surface area contributed by atoms with E-state index < -0.39 is 6.10 Å². The Bertz CT molecular complexity index is 1290. The highest BCUT2D eigenvalue weighted by Gasteiger charge is 2.17. The standard InChI is InChI=1S/C57H92O5/c1-4-7-10-13-16-19-22-25-27-29-30-33-35-38-41-44-47-50-56(58)61-54-55(62-57(59)51-48-45-42-39-36-32-24-21-18-15-12-9-6-3)53-60-52-49-46-43-40-37-34-31-28-26-23-20-17-14-11-8-5-2/h7-12,16-21,25-28,30,32-33,36,55H,4-6,13-15,22-24,29,31,34-35,37-54H2,1-3H3/b10-7-,11-8-,12-9-,19-16-,20-17-,21-18-,27-25-,28-26-,33-30-,36-32-. The van der Waals surface area contributed by atoms with Crippen molar-refractivity contribution >= 4 is 11.9 Å². The Kier molecular flexibility index (Phi) is 48.6. The summed E-state index contributed by atoms with van der Waals surface area (Å²) in [5, 5.41) is 0. The fourth-order valence-electron chi connectivity index (χ4n) is 6.35. The maximum absolute atomic E-state index is 12.8. The highest BCUT2D eigenvalue weighted by atomic mass is 16.6. The Balaban J connectivity index is 4.40. The molecule has 0 rings (SSSR count). The Morgan fingerprint density at radius 1 is 0.355 bits per heavy atom. The zero-order valence-corrected chi connectivity index (χ0v) is 40.1. The van der Waals surface area contributed by atoms with Crippen LogP contribution in [0.25, 0.3) is 0 Å². The second-order valence-electron chi connectivity index (χ2n) is 15.9. The first-order valence-electron chi connectivity index (χ1n) is 25.1. The van der Waals surface area contributed by atoms with Crippen LogP contribution in [-0.2, 0) is 23.8 Å². The summed E-state index contributed by atoms with van der Waals surface area (Å²) in [5.41, 5.74) is 0. The lowest BCUT2D eigenvalue weighted by molar-refractivity contribution is -0.163. The molecule has 0 bridgehead atoms. The smallest absolute Gasteiger partial charge is 0.306 e. The van der Waals surface area contributed by atoms with Crippen molar-refractivity contribution in [3.05, 3.63) is 122 Å². The van der Waals surface area contributed by atoms with Gasteiger partial charge in [-0.05, 0) is 122 Å². The first kappa shape index (κ1) is 58.3. The summed E-state index contributed by atoms with van der Waals surface area (Å²) >= 11 is 0. The van der Waals surface area contributed by atoms with Crippen LogP contribution >= 0.6 is 0 Å². The van der Waals surface area contributed by atoms with Gasteiger partial charge in [0.25, 0.3) is 0 Å². The average molecular weight is 857 g/mol. The molecule has 0 aromatic heterocycles. The molecule has 1 unspecified atom stereocenters. The Morgan fingerprint density at radius 3 is 1.10 bits per heavy atom. The Labute approximate surface area is 382 Å². The summed E-state index contributed by atoms with van der Waals surface area (Å²) < 4.78 is 17.3. The predicted molar refractivity (Wildman–Crippen MR) is 269 cm³/mol. The molecule has 0 aliphatic carbocycles. The maximum Gasteiger partial charge on any atom is 0.306 e. The largest absolute Gasteiger partial charge is 0.462 e. The number of rotatable bonds is 44. The van der Waals surface area contributed by atoms with E-state index in [1.165, 1.54) is 25.7 Å². The topological polar surface area (TPSA) is 61.8 Å². The lowest BCUT2D eigenvalue weighted by Gasteiger charge is -2.18. The second kappa shape index (κ2) is 51.6. The van der Waals surface area contributed by atoms with Gasteiger partial charge >= 0.3 is 11.9 Å². The van der Waals surface area contributed by atoms with Crippen molar-refractivity contribution in [3.63, 3.8) is 0 Å². The minimum Gasteiger partial charge on any atom is -0.462 e. The molecule has 0 aromatic rings. The molecule has 0 amide bonds. The molecular weight excluding hydrogens is 765 g/mol. The summed E-state index contributed by atoms with van der Waals surface area (Å²) in [5.74, 6) is -0.475. The van der Waals surface area contributed by atoms with E-state index >= 15 is 0 Å². The monoisotopic (exact) mass is 857 g/mol. The molecule has 0 saturated carbocycles. The van der Waals surface area contributed by atoms with Gasteiger partial charge in [0.15, 0.2) is 6.10 Å². The molecule has 0 radical (unpaired) electrons. The van der Waals surface area contributed by atoms with E-state index in [0.29, 0.717) is 19.4 Å². The van der Waals surface area contributed by atoms with Crippen molar-refractivity contribution in [2.45, 2.75) is 207 Å². The summed E-state index contributed by atoms with van der Waals surface area (Å²) in [6.45, 7) is 7.38. The van der Waals surface area contributed by atoms with Gasteiger partial charge in [0.1, 0.15) is 6.61 Å². The van der Waals surface area contributed by atoms with Gasteiger partial charge in [0.05, 0.1) is 6.61 Å². The summed E-state index contributed by atoms with van der Waals surface area (Å²) in [7, 11) is 0. The third-order valence-electron chi connectivity index (χ3n) is 9.97. The minimum absolute atomic E-state index is 0.0472. The highest BCUT2D eigenvalue weighted by Crippen LogP contribution is 2.12. The van der Waals surface area contributed by atoms with Crippen molar-refractivity contribution in [2.75, 3.05) is 19.8 Å². The van der Waals surface area contributed by atoms with Crippen LogP contribution in [0.4, 0.5) is 0 Å². The van der Waals surface area contributed by atoms with Crippen molar-refractivity contribution in [1.82, 2.24) is 0 Å². The van der Waals surface area contributed by atoms with Crippen molar-refractivity contribution in [3.8, 4) is 0 Å². The minimum atomic E-state index is -0.576. The number of hydrogen-bond acceptors (Lipinski definition) is 5. The molecular formula is C57H92O5. The molecule has 0 saturated heterocycles. The SMILES string of the molecule is CC/C=C\C/C=C\C/C=C\C/C=C\CCCCCCC(=O)OCC(COCCCCCCCC/C=C\C/C=C\C/C=C\CC)OC(=O)CCCCC/C=C\C/C=C\C/C=C\CC. The van der Waals surface area contributed by atoms with E-state index in [9.17, 15) is 9.59 Å². The van der Waals surface area contributed by atoms with Gasteiger partial charge in [-0.25, -0.2) is 0 Å². The number of carbonyl (C=O) groups is 2. The fourth-order valence-corrected chi connectivity index (χ4v) is 6.35. The van der Waals surface area contributed by atoms with Crippen LogP contribution in [0, 0.1) is 0 Å². The predicted octanol–water partition coefficient (Wildman–Crippen LogP) is 17.0. The van der Waals surface area contributed by atoms with Crippen molar-refractivity contribution in [2.24, 2.45) is 0 Å². The first-order valence-corrected chi connectivity index (χ1v) is 25.1. The maximum atomic E-state index is 12.8. The van der Waals surface area contributed by atoms with Crippen molar-refractivity contribution in [1.29, 1.82) is 0 Å². The number of esters is 2. The second-order valence-corrected chi connectivity index (χ2v) is 15.9. The number of allylic oxidation sites excluding steroid dienone is 20. The lowest BCUT2D eigenvalue weighted by Crippen LogP contribution is -2.30. The van der Waals surface area contributed by atoms with Gasteiger partial charge in [-0.1, -0.05) is 187 Å². The lowest BCUT2D eigenvalue weighted by atomic mass is 10.1. The number of unbranched alkanes of at least 4 members (excludes halogenated alkanes) is 13. The summed E-state index contributed by atoms with van der Waals surface area (Å²) in [6, 6.07) is 0. The van der Waals surface area contributed by atoms with Crippen LogP contribution in [-0.4, -0.2) is 37.9 Å². The molecule has 0 aliphatic heterocycles. The van der Waals surface area contributed by atoms with Gasteiger partial charge in [-0.2, -0.15) is 0 Å². The van der Waals surface area contributed by atoms with E-state index in [-0.39, 0.29) is 25.2 Å². The van der Waals surface area contributed by atoms with Crippen molar-refractivity contribution < 1.29 is 23.8 Å². The summed E-state index contributed by atoms with van der Waals surface area (Å²) in [6.07, 6.45) is 72.1. The van der Waals surface area contributed by atoms with E-state index in [2.05, 4.69) is 142 Å². The van der Waals surface area contributed by atoms with Gasteiger partial charge in [0.2, 0.25) is 0 Å². The molecule has 0 heterocycles. The van der Waals surface area contributed by atoms with Gasteiger partial charge in [-0.15, -0.1) is 0 Å². The number of ether oxygens (including phenoxy) is 3. The van der Waals surface area contributed by atoms with Gasteiger partial charge in [-0.3, -0.25) is 9.59 Å². The van der Waals surface area contributed by atoms with E-state index in [1.54, 1.807) is 0 Å². The van der Waals surface area contributed by atoms with Crippen LogP contribution in [0.3, 0.4) is 0 Å². The first-order chi connectivity index (χ1) is 30.6. The molecule has 350 valence electrons. The van der Waals surface area contributed by atoms with Gasteiger partial charge < -0.3 is 14.2 Å². The third kappa shape index (κ3) is 49.0. The van der Waals surface area contributed by atoms with E-state index in [0.717, 1.165) is 141 Å². The quantitative estimate of drug-likeness (QED) is 0.0347. The molecule has 5 nitrogen and oxygen atoms in total. The molecule has 0 spiro atoms. The van der Waals surface area contributed by atoms with Crippen LogP contribution in [0.1, 0.15) is 201 Å². The molecule has 0 aliphatic rings. The van der Waals surface area contributed by atoms with Crippen LogP contribution < -0.4 is 0 Å². The fraction of sp³-hybridized carbons (Fsp3) is 0.614. The van der Waals surface area contributed by atoms with Crippen LogP contribution in [0.2, 0.25) is 0 Å². The third-order valence-corrected chi connectivity index (χ3v) is 9.97. The van der Waals surface area contributed by atoms with Crippen LogP contribution in [0.15, 0.2) is 122 Å². The molecule has 5 heteroatoms. The molecule has 0 N–H and O–H groups in total. The molecule has 0 fully saturated rings. The molecule has 0 aromatic carbocycles. The van der Waals surface area contributed by atoms with E-state index in [4.69, 9.17) is 14.2 Å². The van der Waals surface area contributed by atoms with E-state index in [1.807, 2.05) is 0 Å². The highest BCUT2D eigenvalue weighted by molar-refractivity contribution is 5.70. The zero-order chi connectivity index (χ0) is 44.9. The summed E-state index contributed by atoms with van der Waals surface area (Å²) in [4.78, 5) is 25.4. The average Bonchev–Trinajstić information content (AvgIpc) is 3.27. The van der Waals surface area contributed by atoms with Gasteiger partial charge in [0, 0.05) is 19.4 Å². The molecule has 1 atom stereocenters. The normalized spacial score (nSPS) is 13.3. The number of hydrogen-bond donors (Lipinski definition) is 0. The zero-order valence-electron chi connectivity index (χ0n) is 40.1. The number of carbonyl (C=O) groups excluding carboxylic acids is 2. The van der Waals surface area contributed by atoms with Crippen LogP contribution in [0.5, 0.6) is 0 Å².